The SMILES string of the molecule is CCOCCCCCCCCCCOCC(=O)O. The van der Waals surface area contributed by atoms with Gasteiger partial charge in [0.15, 0.2) is 0 Å². The maximum atomic E-state index is 10.2. The molecule has 0 fully saturated rings. The van der Waals surface area contributed by atoms with E-state index in [-0.39, 0.29) is 6.61 Å². The second kappa shape index (κ2) is 14.5. The van der Waals surface area contributed by atoms with E-state index >= 15 is 0 Å². The molecule has 0 atom stereocenters. The van der Waals surface area contributed by atoms with E-state index in [2.05, 4.69) is 0 Å². The summed E-state index contributed by atoms with van der Waals surface area (Å²) in [5.41, 5.74) is 0. The first-order valence-corrected chi connectivity index (χ1v) is 7.14. The van der Waals surface area contributed by atoms with Crippen LogP contribution in [0.3, 0.4) is 0 Å². The number of unbranched alkanes of at least 4 members (excludes halogenated alkanes) is 7. The summed E-state index contributed by atoms with van der Waals surface area (Å²) in [5.74, 6) is -0.887. The Labute approximate surface area is 111 Å². The Morgan fingerprint density at radius 2 is 1.28 bits per heavy atom. The predicted molar refractivity (Wildman–Crippen MR) is 71.9 cm³/mol. The number of carbonyl (C=O) groups is 1. The second-order valence-electron chi connectivity index (χ2n) is 4.47. The highest BCUT2D eigenvalue weighted by Crippen LogP contribution is 2.08. The van der Waals surface area contributed by atoms with Crippen LogP contribution in [-0.2, 0) is 14.3 Å². The van der Waals surface area contributed by atoms with E-state index in [9.17, 15) is 4.79 Å². The maximum Gasteiger partial charge on any atom is 0.329 e. The number of aliphatic carboxylic acids is 1. The molecular weight excluding hydrogens is 232 g/mol. The van der Waals surface area contributed by atoms with Gasteiger partial charge in [-0.2, -0.15) is 0 Å². The third kappa shape index (κ3) is 15.4. The molecule has 0 aromatic heterocycles. The zero-order valence-electron chi connectivity index (χ0n) is 11.7. The van der Waals surface area contributed by atoms with Crippen molar-refractivity contribution < 1.29 is 19.4 Å². The van der Waals surface area contributed by atoms with E-state index < -0.39 is 5.97 Å². The molecule has 0 aromatic carbocycles. The number of hydrogen-bond donors (Lipinski definition) is 1. The van der Waals surface area contributed by atoms with Crippen molar-refractivity contribution in [3.63, 3.8) is 0 Å². The van der Waals surface area contributed by atoms with Crippen molar-refractivity contribution in [1.29, 1.82) is 0 Å². The van der Waals surface area contributed by atoms with E-state index in [1.807, 2.05) is 6.92 Å². The van der Waals surface area contributed by atoms with Crippen LogP contribution in [0, 0.1) is 0 Å². The molecule has 0 amide bonds. The number of ether oxygens (including phenoxy) is 2. The summed E-state index contributed by atoms with van der Waals surface area (Å²) >= 11 is 0. The van der Waals surface area contributed by atoms with Crippen molar-refractivity contribution in [2.45, 2.75) is 58.3 Å². The van der Waals surface area contributed by atoms with Crippen molar-refractivity contribution in [3.8, 4) is 0 Å². The third-order valence-electron chi connectivity index (χ3n) is 2.76. The zero-order chi connectivity index (χ0) is 13.5. The van der Waals surface area contributed by atoms with Gasteiger partial charge < -0.3 is 14.6 Å². The quantitative estimate of drug-likeness (QED) is 0.487. The van der Waals surface area contributed by atoms with Crippen molar-refractivity contribution in [2.75, 3.05) is 26.4 Å². The Hall–Kier alpha value is -0.610. The molecule has 18 heavy (non-hydrogen) atoms. The van der Waals surface area contributed by atoms with Crippen LogP contribution >= 0.6 is 0 Å². The molecule has 0 bridgehead atoms. The summed E-state index contributed by atoms with van der Waals surface area (Å²) in [6.45, 7) is 4.15. The van der Waals surface area contributed by atoms with Crippen molar-refractivity contribution >= 4 is 5.97 Å². The molecule has 1 N–H and O–H groups in total. The lowest BCUT2D eigenvalue weighted by molar-refractivity contribution is -0.142. The van der Waals surface area contributed by atoms with Crippen molar-refractivity contribution in [3.05, 3.63) is 0 Å². The first kappa shape index (κ1) is 17.4. The van der Waals surface area contributed by atoms with Gasteiger partial charge in [0, 0.05) is 19.8 Å². The largest absolute Gasteiger partial charge is 0.480 e. The topological polar surface area (TPSA) is 55.8 Å². The van der Waals surface area contributed by atoms with E-state index in [1.54, 1.807) is 0 Å². The van der Waals surface area contributed by atoms with Gasteiger partial charge in [-0.25, -0.2) is 4.79 Å². The molecule has 0 unspecified atom stereocenters. The summed E-state index contributed by atoms with van der Waals surface area (Å²) < 4.78 is 10.2. The van der Waals surface area contributed by atoms with Gasteiger partial charge in [-0.05, 0) is 19.8 Å². The molecule has 4 nitrogen and oxygen atoms in total. The average molecular weight is 260 g/mol. The molecule has 0 aromatic rings. The third-order valence-corrected chi connectivity index (χ3v) is 2.76. The molecule has 0 rings (SSSR count). The average Bonchev–Trinajstić information content (AvgIpc) is 2.34. The number of hydrogen-bond acceptors (Lipinski definition) is 3. The molecular formula is C14H28O4. The van der Waals surface area contributed by atoms with Crippen LogP contribution in [-0.4, -0.2) is 37.5 Å². The molecule has 0 aliphatic rings. The van der Waals surface area contributed by atoms with Gasteiger partial charge >= 0.3 is 5.97 Å². The normalized spacial score (nSPS) is 10.7. The van der Waals surface area contributed by atoms with E-state index in [0.29, 0.717) is 6.61 Å². The molecule has 0 spiro atoms. The number of carboxylic acids is 1. The molecule has 0 saturated carbocycles. The van der Waals surface area contributed by atoms with Gasteiger partial charge in [-0.3, -0.25) is 0 Å². The second-order valence-corrected chi connectivity index (χ2v) is 4.47. The molecule has 0 aliphatic heterocycles. The van der Waals surface area contributed by atoms with Gasteiger partial charge in [0.25, 0.3) is 0 Å². The van der Waals surface area contributed by atoms with Crippen LogP contribution in [0.5, 0.6) is 0 Å². The lowest BCUT2D eigenvalue weighted by atomic mass is 10.1. The van der Waals surface area contributed by atoms with Gasteiger partial charge in [0.2, 0.25) is 0 Å². The molecule has 108 valence electrons. The van der Waals surface area contributed by atoms with Gasteiger partial charge in [0.05, 0.1) is 0 Å². The highest BCUT2D eigenvalue weighted by atomic mass is 16.5. The van der Waals surface area contributed by atoms with Crippen LogP contribution < -0.4 is 0 Å². The highest BCUT2D eigenvalue weighted by Gasteiger charge is 1.96. The number of rotatable bonds is 14. The van der Waals surface area contributed by atoms with Crippen molar-refractivity contribution in [2.24, 2.45) is 0 Å². The summed E-state index contributed by atoms with van der Waals surface area (Å²) in [6, 6.07) is 0. The van der Waals surface area contributed by atoms with Gasteiger partial charge in [-0.1, -0.05) is 38.5 Å². The predicted octanol–water partition coefficient (Wildman–Crippen LogP) is 3.24. The minimum absolute atomic E-state index is 0.167. The summed E-state index contributed by atoms with van der Waals surface area (Å²) in [7, 11) is 0. The van der Waals surface area contributed by atoms with Crippen LogP contribution in [0.1, 0.15) is 58.3 Å². The van der Waals surface area contributed by atoms with Crippen LogP contribution in [0.4, 0.5) is 0 Å². The molecule has 0 saturated heterocycles. The lowest BCUT2D eigenvalue weighted by Crippen LogP contribution is -2.07. The Kier molecular flexibility index (Phi) is 14.0. The van der Waals surface area contributed by atoms with E-state index in [0.717, 1.165) is 26.1 Å². The smallest absolute Gasteiger partial charge is 0.329 e. The minimum Gasteiger partial charge on any atom is -0.480 e. The highest BCUT2D eigenvalue weighted by molar-refractivity contribution is 5.67. The minimum atomic E-state index is -0.887. The molecule has 0 aliphatic carbocycles. The first-order chi connectivity index (χ1) is 8.77. The van der Waals surface area contributed by atoms with Crippen LogP contribution in [0.25, 0.3) is 0 Å². The fourth-order valence-electron chi connectivity index (χ4n) is 1.77. The van der Waals surface area contributed by atoms with E-state index in [1.165, 1.54) is 38.5 Å². The Morgan fingerprint density at radius 3 is 1.72 bits per heavy atom. The summed E-state index contributed by atoms with van der Waals surface area (Å²) in [6.07, 6.45) is 9.63. The Balaban J connectivity index is 2.92. The lowest BCUT2D eigenvalue weighted by Gasteiger charge is -2.03. The molecule has 0 heterocycles. The standard InChI is InChI=1S/C14H28O4/c1-2-17-11-9-7-5-3-4-6-8-10-12-18-13-14(15)16/h2-13H2,1H3,(H,15,16). The Bertz CT molecular complexity index is 183. The monoisotopic (exact) mass is 260 g/mol. The number of carboxylic acid groups (broad SMARTS) is 1. The van der Waals surface area contributed by atoms with Crippen molar-refractivity contribution in [1.82, 2.24) is 0 Å². The summed E-state index contributed by atoms with van der Waals surface area (Å²) in [5, 5.41) is 8.36. The zero-order valence-corrected chi connectivity index (χ0v) is 11.7. The molecule has 4 heteroatoms. The molecule has 0 radical (unpaired) electrons. The van der Waals surface area contributed by atoms with Gasteiger partial charge in [0.1, 0.15) is 6.61 Å². The summed E-state index contributed by atoms with van der Waals surface area (Å²) in [4.78, 5) is 10.2. The van der Waals surface area contributed by atoms with Crippen LogP contribution in [0.2, 0.25) is 0 Å². The fourth-order valence-corrected chi connectivity index (χ4v) is 1.77. The van der Waals surface area contributed by atoms with Gasteiger partial charge in [-0.15, -0.1) is 0 Å². The Morgan fingerprint density at radius 1 is 0.833 bits per heavy atom. The fraction of sp³-hybridized carbons (Fsp3) is 0.929. The first-order valence-electron chi connectivity index (χ1n) is 7.14. The van der Waals surface area contributed by atoms with E-state index in [4.69, 9.17) is 14.6 Å². The maximum absolute atomic E-state index is 10.2. The van der Waals surface area contributed by atoms with Crippen LogP contribution in [0.15, 0.2) is 0 Å².